The SMILES string of the molecule is CCOC(=O)C1=C(O)C(=Cc2cc(C)ccc2O)SC1=Nc1ccc(OC)cc1. The summed E-state index contributed by atoms with van der Waals surface area (Å²) in [6, 6.07) is 12.2. The van der Waals surface area contributed by atoms with E-state index in [1.54, 1.807) is 62.6 Å². The molecule has 0 amide bonds. The van der Waals surface area contributed by atoms with Crippen LogP contribution < -0.4 is 4.74 Å². The molecule has 29 heavy (non-hydrogen) atoms. The molecule has 0 radical (unpaired) electrons. The molecule has 1 aliphatic rings. The van der Waals surface area contributed by atoms with Crippen LogP contribution in [0.3, 0.4) is 0 Å². The van der Waals surface area contributed by atoms with Crippen molar-refractivity contribution in [1.82, 2.24) is 0 Å². The lowest BCUT2D eigenvalue weighted by molar-refractivity contribution is -0.138. The third-order valence-electron chi connectivity index (χ3n) is 4.14. The molecule has 1 heterocycles. The summed E-state index contributed by atoms with van der Waals surface area (Å²) in [4.78, 5) is 17.4. The summed E-state index contributed by atoms with van der Waals surface area (Å²) in [5.74, 6) is -0.106. The van der Waals surface area contributed by atoms with E-state index in [9.17, 15) is 15.0 Å². The summed E-state index contributed by atoms with van der Waals surface area (Å²) in [7, 11) is 1.57. The normalized spacial score (nSPS) is 16.5. The summed E-state index contributed by atoms with van der Waals surface area (Å²) in [6.07, 6.45) is 1.62. The van der Waals surface area contributed by atoms with Crippen LogP contribution in [0.4, 0.5) is 5.69 Å². The van der Waals surface area contributed by atoms with Crippen molar-refractivity contribution < 1.29 is 24.5 Å². The Balaban J connectivity index is 2.05. The van der Waals surface area contributed by atoms with Crippen molar-refractivity contribution in [3.05, 3.63) is 69.8 Å². The van der Waals surface area contributed by atoms with Crippen LogP contribution in [0.25, 0.3) is 6.08 Å². The van der Waals surface area contributed by atoms with Gasteiger partial charge in [0.1, 0.15) is 27.9 Å². The predicted molar refractivity (Wildman–Crippen MR) is 115 cm³/mol. The molecule has 0 saturated carbocycles. The molecule has 6 nitrogen and oxygen atoms in total. The zero-order chi connectivity index (χ0) is 21.0. The van der Waals surface area contributed by atoms with E-state index in [0.29, 0.717) is 26.9 Å². The van der Waals surface area contributed by atoms with E-state index < -0.39 is 5.97 Å². The molecule has 0 bridgehead atoms. The zero-order valence-electron chi connectivity index (χ0n) is 16.3. The minimum Gasteiger partial charge on any atom is -0.507 e. The maximum atomic E-state index is 12.4. The van der Waals surface area contributed by atoms with Crippen molar-refractivity contribution in [2.24, 2.45) is 4.99 Å². The quantitative estimate of drug-likeness (QED) is 0.680. The number of aryl methyl sites for hydroxylation is 1. The van der Waals surface area contributed by atoms with Crippen molar-refractivity contribution in [3.63, 3.8) is 0 Å². The number of carbonyl (C=O) groups is 1. The Morgan fingerprint density at radius 1 is 1.17 bits per heavy atom. The Bertz CT molecular complexity index is 1020. The average Bonchev–Trinajstić information content (AvgIpc) is 3.00. The summed E-state index contributed by atoms with van der Waals surface area (Å²) in [6.45, 7) is 3.77. The Hall–Kier alpha value is -3.19. The van der Waals surface area contributed by atoms with Gasteiger partial charge in [-0.25, -0.2) is 9.79 Å². The van der Waals surface area contributed by atoms with Crippen LogP contribution in [0.5, 0.6) is 11.5 Å². The predicted octanol–water partition coefficient (Wildman–Crippen LogP) is 4.90. The van der Waals surface area contributed by atoms with Gasteiger partial charge in [0.25, 0.3) is 0 Å². The van der Waals surface area contributed by atoms with Crippen molar-refractivity contribution in [2.45, 2.75) is 13.8 Å². The molecule has 0 fully saturated rings. The third-order valence-corrected chi connectivity index (χ3v) is 5.16. The monoisotopic (exact) mass is 411 g/mol. The second-order valence-electron chi connectivity index (χ2n) is 6.23. The molecule has 0 aromatic heterocycles. The molecular weight excluding hydrogens is 390 g/mol. The average molecular weight is 411 g/mol. The molecule has 0 spiro atoms. The number of aliphatic imine (C=N–C) groups is 1. The molecule has 2 aromatic carbocycles. The van der Waals surface area contributed by atoms with Gasteiger partial charge in [-0.1, -0.05) is 23.4 Å². The van der Waals surface area contributed by atoms with Gasteiger partial charge in [0.05, 0.1) is 24.3 Å². The van der Waals surface area contributed by atoms with Gasteiger partial charge in [-0.3, -0.25) is 0 Å². The topological polar surface area (TPSA) is 88.4 Å². The standard InChI is InChI=1S/C22H21NO5S/c1-4-28-22(26)19-20(25)18(12-14-11-13(2)5-10-17(14)24)29-21(19)23-15-6-8-16(27-3)9-7-15/h5-12,24-25H,4H2,1-3H3. The number of hydrogen-bond acceptors (Lipinski definition) is 7. The first-order valence-corrected chi connectivity index (χ1v) is 9.77. The highest BCUT2D eigenvalue weighted by Crippen LogP contribution is 2.41. The number of phenols is 1. The number of carbonyl (C=O) groups excluding carboxylic acids is 1. The smallest absolute Gasteiger partial charge is 0.344 e. The number of esters is 1. The Morgan fingerprint density at radius 2 is 1.90 bits per heavy atom. The van der Waals surface area contributed by atoms with Crippen molar-refractivity contribution in [2.75, 3.05) is 13.7 Å². The summed E-state index contributed by atoms with van der Waals surface area (Å²) in [5.41, 5.74) is 2.10. The highest BCUT2D eigenvalue weighted by molar-refractivity contribution is 8.18. The number of methoxy groups -OCH3 is 1. The Kier molecular flexibility index (Phi) is 6.29. The molecule has 3 rings (SSSR count). The van der Waals surface area contributed by atoms with Crippen LogP contribution in [-0.4, -0.2) is 34.9 Å². The van der Waals surface area contributed by atoms with Gasteiger partial charge in [0.2, 0.25) is 0 Å². The molecule has 1 aliphatic heterocycles. The number of phenolic OH excluding ortho intramolecular Hbond substituents is 1. The number of nitrogens with zero attached hydrogens (tertiary/aromatic N) is 1. The van der Waals surface area contributed by atoms with Crippen molar-refractivity contribution >= 4 is 34.5 Å². The number of ether oxygens (including phenoxy) is 2. The first-order chi connectivity index (χ1) is 13.9. The first-order valence-electron chi connectivity index (χ1n) is 8.96. The maximum Gasteiger partial charge on any atom is 0.344 e. The zero-order valence-corrected chi connectivity index (χ0v) is 17.1. The molecule has 2 N–H and O–H groups in total. The second-order valence-corrected chi connectivity index (χ2v) is 7.26. The minimum absolute atomic E-state index is 0.00561. The maximum absolute atomic E-state index is 12.4. The Morgan fingerprint density at radius 3 is 2.55 bits per heavy atom. The number of aliphatic hydroxyl groups excluding tert-OH is 1. The van der Waals surface area contributed by atoms with Crippen LogP contribution in [-0.2, 0) is 9.53 Å². The lowest BCUT2D eigenvalue weighted by atomic mass is 10.1. The van der Waals surface area contributed by atoms with Gasteiger partial charge in [-0.15, -0.1) is 0 Å². The van der Waals surface area contributed by atoms with Gasteiger partial charge < -0.3 is 19.7 Å². The van der Waals surface area contributed by atoms with Crippen LogP contribution in [0, 0.1) is 6.92 Å². The molecule has 0 aliphatic carbocycles. The number of aromatic hydroxyl groups is 1. The van der Waals surface area contributed by atoms with Crippen LogP contribution >= 0.6 is 11.8 Å². The lowest BCUT2D eigenvalue weighted by Crippen LogP contribution is -2.12. The molecule has 0 saturated heterocycles. The van der Waals surface area contributed by atoms with E-state index in [1.807, 2.05) is 6.92 Å². The molecule has 2 aromatic rings. The number of rotatable bonds is 5. The van der Waals surface area contributed by atoms with Crippen LogP contribution in [0.2, 0.25) is 0 Å². The summed E-state index contributed by atoms with van der Waals surface area (Å²) >= 11 is 1.14. The Labute approximate surface area is 173 Å². The fourth-order valence-electron chi connectivity index (χ4n) is 2.70. The first kappa shape index (κ1) is 20.5. The highest BCUT2D eigenvalue weighted by Gasteiger charge is 2.33. The molecule has 0 atom stereocenters. The number of thioether (sulfide) groups is 1. The van der Waals surface area contributed by atoms with Gasteiger partial charge in [0.15, 0.2) is 0 Å². The lowest BCUT2D eigenvalue weighted by Gasteiger charge is -2.04. The highest BCUT2D eigenvalue weighted by atomic mass is 32.2. The van der Waals surface area contributed by atoms with E-state index in [0.717, 1.165) is 17.3 Å². The van der Waals surface area contributed by atoms with Gasteiger partial charge in [-0.2, -0.15) is 0 Å². The molecule has 150 valence electrons. The number of hydrogen-bond donors (Lipinski definition) is 2. The fourth-order valence-corrected chi connectivity index (χ4v) is 3.72. The van der Waals surface area contributed by atoms with Crippen LogP contribution in [0.1, 0.15) is 18.1 Å². The van der Waals surface area contributed by atoms with Gasteiger partial charge in [-0.05, 0) is 56.3 Å². The van der Waals surface area contributed by atoms with Gasteiger partial charge >= 0.3 is 5.97 Å². The van der Waals surface area contributed by atoms with Crippen molar-refractivity contribution in [1.29, 1.82) is 0 Å². The third kappa shape index (κ3) is 4.63. The largest absolute Gasteiger partial charge is 0.507 e. The van der Waals surface area contributed by atoms with E-state index in [1.165, 1.54) is 0 Å². The van der Waals surface area contributed by atoms with E-state index in [2.05, 4.69) is 4.99 Å². The number of benzene rings is 2. The molecular formula is C22H21NO5S. The minimum atomic E-state index is -0.651. The summed E-state index contributed by atoms with van der Waals surface area (Å²) in [5, 5.41) is 21.1. The number of aliphatic hydroxyl groups is 1. The fraction of sp³-hybridized carbons (Fsp3) is 0.182. The van der Waals surface area contributed by atoms with Gasteiger partial charge in [0, 0.05) is 5.56 Å². The van der Waals surface area contributed by atoms with Crippen molar-refractivity contribution in [3.8, 4) is 11.5 Å². The second kappa shape index (κ2) is 8.87. The molecule has 0 unspecified atom stereocenters. The van der Waals surface area contributed by atoms with E-state index in [4.69, 9.17) is 9.47 Å². The summed E-state index contributed by atoms with van der Waals surface area (Å²) < 4.78 is 10.2. The van der Waals surface area contributed by atoms with E-state index in [-0.39, 0.29) is 23.7 Å². The van der Waals surface area contributed by atoms with Crippen LogP contribution in [0.15, 0.2) is 63.7 Å². The van der Waals surface area contributed by atoms with E-state index >= 15 is 0 Å². The molecule has 7 heteroatoms.